The first-order chi connectivity index (χ1) is 19.0. The second-order valence-corrected chi connectivity index (χ2v) is 12.5. The fourth-order valence-corrected chi connectivity index (χ4v) is 7.31. The van der Waals surface area contributed by atoms with Crippen molar-refractivity contribution in [3.8, 4) is 5.75 Å². The maximum atomic E-state index is 13.5. The Labute approximate surface area is 242 Å². The fourth-order valence-electron chi connectivity index (χ4n) is 5.75. The van der Waals surface area contributed by atoms with Gasteiger partial charge in [0.05, 0.1) is 11.4 Å². The van der Waals surface area contributed by atoms with Gasteiger partial charge in [-0.05, 0) is 56.9 Å². The zero-order valence-corrected chi connectivity index (χ0v) is 24.0. The number of carboxylic acids is 1. The lowest BCUT2D eigenvalue weighted by Crippen LogP contribution is -2.40. The molecule has 11 heteroatoms. The van der Waals surface area contributed by atoms with Gasteiger partial charge in [-0.1, -0.05) is 40.9 Å². The molecule has 1 heterocycles. The average Bonchev–Trinajstić information content (AvgIpc) is 2.89. The van der Waals surface area contributed by atoms with Crippen molar-refractivity contribution >= 4 is 50.9 Å². The quantitative estimate of drug-likeness (QED) is 0.385. The summed E-state index contributed by atoms with van der Waals surface area (Å²) in [5.41, 5.74) is 3.04. The maximum Gasteiger partial charge on any atom is 0.339 e. The average molecular weight is 605 g/mol. The van der Waals surface area contributed by atoms with Crippen molar-refractivity contribution < 1.29 is 32.1 Å². The van der Waals surface area contributed by atoms with Gasteiger partial charge in [0, 0.05) is 58.4 Å². The molecule has 2 aliphatic carbocycles. The number of Topliss-reactive ketones (excluding diaryl/α,β-unsaturated/α-hetero) is 2. The molecule has 1 aliphatic heterocycles. The van der Waals surface area contributed by atoms with E-state index in [-0.39, 0.29) is 63.6 Å². The molecule has 5 rings (SSSR count). The highest BCUT2D eigenvalue weighted by molar-refractivity contribution is 7.87. The van der Waals surface area contributed by atoms with Gasteiger partial charge in [0.2, 0.25) is 0 Å². The number of hydrogen-bond donors (Lipinski definition) is 1. The second-order valence-electron chi connectivity index (χ2n) is 10.2. The fraction of sp³-hybridized carbons (Fsp3) is 0.345. The molecule has 3 aliphatic rings. The van der Waals surface area contributed by atoms with Crippen LogP contribution in [0.3, 0.4) is 0 Å². The molecule has 0 amide bonds. The normalized spacial score (nSPS) is 18.1. The second kappa shape index (κ2) is 11.0. The third-order valence-electron chi connectivity index (χ3n) is 7.49. The van der Waals surface area contributed by atoms with Crippen LogP contribution in [-0.4, -0.2) is 42.5 Å². The van der Waals surface area contributed by atoms with Crippen molar-refractivity contribution in [3.05, 3.63) is 80.1 Å². The molecule has 0 bridgehead atoms. The van der Waals surface area contributed by atoms with E-state index in [1.807, 2.05) is 11.8 Å². The van der Waals surface area contributed by atoms with Gasteiger partial charge in [-0.15, -0.1) is 0 Å². The lowest BCUT2D eigenvalue weighted by Gasteiger charge is -2.44. The summed E-state index contributed by atoms with van der Waals surface area (Å²) in [6.07, 6.45) is 2.48. The molecule has 0 radical (unpaired) electrons. The maximum absolute atomic E-state index is 13.5. The van der Waals surface area contributed by atoms with E-state index in [2.05, 4.69) is 0 Å². The number of rotatable bonds is 7. The van der Waals surface area contributed by atoms with Gasteiger partial charge in [-0.2, -0.15) is 8.42 Å². The van der Waals surface area contributed by atoms with Crippen LogP contribution in [0.2, 0.25) is 10.0 Å². The Bertz CT molecular complexity index is 1550. The third-order valence-corrected chi connectivity index (χ3v) is 9.22. The summed E-state index contributed by atoms with van der Waals surface area (Å²) < 4.78 is 32.3. The lowest BCUT2D eigenvalue weighted by atomic mass is 9.70. The predicted molar refractivity (Wildman–Crippen MR) is 149 cm³/mol. The van der Waals surface area contributed by atoms with E-state index < -0.39 is 22.0 Å². The van der Waals surface area contributed by atoms with Crippen LogP contribution in [0.1, 0.15) is 62.0 Å². The van der Waals surface area contributed by atoms with Gasteiger partial charge < -0.3 is 14.2 Å². The molecule has 0 unspecified atom stereocenters. The van der Waals surface area contributed by atoms with Crippen LogP contribution in [0.4, 0.5) is 0 Å². The summed E-state index contributed by atoms with van der Waals surface area (Å²) in [5.74, 6) is -2.54. The van der Waals surface area contributed by atoms with E-state index >= 15 is 0 Å². The molecule has 0 spiro atoms. The summed E-state index contributed by atoms with van der Waals surface area (Å²) in [6.45, 7) is 1.94. The van der Waals surface area contributed by atoms with Crippen molar-refractivity contribution in [2.75, 3.05) is 6.54 Å². The van der Waals surface area contributed by atoms with Crippen molar-refractivity contribution in [1.82, 2.24) is 4.90 Å². The largest absolute Gasteiger partial charge is 0.481 e. The topological polar surface area (TPSA) is 118 Å². The molecule has 0 saturated heterocycles. The van der Waals surface area contributed by atoms with Gasteiger partial charge in [0.15, 0.2) is 17.3 Å². The Morgan fingerprint density at radius 3 is 2.10 bits per heavy atom. The molecule has 0 fully saturated rings. The smallest absolute Gasteiger partial charge is 0.339 e. The third kappa shape index (κ3) is 5.30. The number of aryl methyl sites for hydroxylation is 1. The molecule has 40 heavy (non-hydrogen) atoms. The standard InChI is InChI=1S/C29H27Cl2NO7S/c1-16-8-10-18(11-9-16)40(37,38)39-29-19(14-17(30)15-20(29)31)26-27-21(4-2-6-23(27)33)32(13-12-25(35)36)22-5-3-7-24(34)28(22)26/h8-11,14-15,26H,2-7,12-13H2,1H3,(H,35,36). The summed E-state index contributed by atoms with van der Waals surface area (Å²) >= 11 is 13.0. The minimum Gasteiger partial charge on any atom is -0.481 e. The highest BCUT2D eigenvalue weighted by Gasteiger charge is 2.45. The molecule has 8 nitrogen and oxygen atoms in total. The van der Waals surface area contributed by atoms with E-state index in [4.69, 9.17) is 27.4 Å². The van der Waals surface area contributed by atoms with Crippen LogP contribution in [0.25, 0.3) is 0 Å². The van der Waals surface area contributed by atoms with Crippen LogP contribution < -0.4 is 4.18 Å². The van der Waals surface area contributed by atoms with Crippen molar-refractivity contribution in [2.24, 2.45) is 0 Å². The summed E-state index contributed by atoms with van der Waals surface area (Å²) in [5, 5.41) is 9.49. The van der Waals surface area contributed by atoms with E-state index in [0.29, 0.717) is 48.2 Å². The van der Waals surface area contributed by atoms with E-state index in [0.717, 1.165) is 5.56 Å². The first-order valence-electron chi connectivity index (χ1n) is 13.0. The molecule has 0 saturated carbocycles. The minimum absolute atomic E-state index is 0.0812. The highest BCUT2D eigenvalue weighted by atomic mass is 35.5. The van der Waals surface area contributed by atoms with E-state index in [1.54, 1.807) is 12.1 Å². The lowest BCUT2D eigenvalue weighted by molar-refractivity contribution is -0.137. The van der Waals surface area contributed by atoms with Crippen molar-refractivity contribution in [1.29, 1.82) is 0 Å². The SMILES string of the molecule is Cc1ccc(S(=O)(=O)Oc2c(Cl)cc(Cl)cc2C2C3=C(CCCC3=O)N(CCC(=O)O)C3=C2C(=O)CCC3)cc1. The number of halogens is 2. The van der Waals surface area contributed by atoms with Gasteiger partial charge in [-0.25, -0.2) is 0 Å². The van der Waals surface area contributed by atoms with Gasteiger partial charge in [0.25, 0.3) is 0 Å². The summed E-state index contributed by atoms with van der Waals surface area (Å²) in [7, 11) is -4.35. The molecule has 2 aromatic rings. The number of carbonyl (C=O) groups excluding carboxylic acids is 2. The Morgan fingerprint density at radius 2 is 1.55 bits per heavy atom. The number of benzene rings is 2. The van der Waals surface area contributed by atoms with Crippen molar-refractivity contribution in [3.63, 3.8) is 0 Å². The minimum atomic E-state index is -4.35. The van der Waals surface area contributed by atoms with Crippen LogP contribution >= 0.6 is 23.2 Å². The molecule has 0 atom stereocenters. The number of carboxylic acid groups (broad SMARTS) is 1. The van der Waals surface area contributed by atoms with E-state index in [1.165, 1.54) is 24.3 Å². The molecule has 210 valence electrons. The number of allylic oxidation sites excluding steroid dienone is 4. The molecular formula is C29H27Cl2NO7S. The first-order valence-corrected chi connectivity index (χ1v) is 15.2. The Hall–Kier alpha value is -3.14. The zero-order chi connectivity index (χ0) is 28.8. The summed E-state index contributed by atoms with van der Waals surface area (Å²) in [4.78, 5) is 40.3. The first kappa shape index (κ1) is 28.4. The number of nitrogens with zero attached hydrogens (tertiary/aromatic N) is 1. The molecular weight excluding hydrogens is 577 g/mol. The van der Waals surface area contributed by atoms with Crippen molar-refractivity contribution in [2.45, 2.75) is 62.7 Å². The number of hydrogen-bond acceptors (Lipinski definition) is 7. The van der Waals surface area contributed by atoms with Gasteiger partial charge >= 0.3 is 16.1 Å². The van der Waals surface area contributed by atoms with Crippen LogP contribution in [0.15, 0.2) is 63.8 Å². The molecule has 0 aromatic heterocycles. The number of carbonyl (C=O) groups is 3. The molecule has 2 aromatic carbocycles. The molecule has 1 N–H and O–H groups in total. The predicted octanol–water partition coefficient (Wildman–Crippen LogP) is 5.96. The Balaban J connectivity index is 1.72. The Kier molecular flexibility index (Phi) is 7.83. The number of ketones is 2. The zero-order valence-electron chi connectivity index (χ0n) is 21.7. The van der Waals surface area contributed by atoms with Crippen LogP contribution in [0.5, 0.6) is 5.75 Å². The Morgan fingerprint density at radius 1 is 0.975 bits per heavy atom. The van der Waals surface area contributed by atoms with Crippen LogP contribution in [-0.2, 0) is 24.5 Å². The highest BCUT2D eigenvalue weighted by Crippen LogP contribution is 2.52. The summed E-state index contributed by atoms with van der Waals surface area (Å²) in [6, 6.07) is 8.97. The van der Waals surface area contributed by atoms with Gasteiger partial charge in [-0.3, -0.25) is 14.4 Å². The van der Waals surface area contributed by atoms with Gasteiger partial charge in [0.1, 0.15) is 4.90 Å². The van der Waals surface area contributed by atoms with E-state index in [9.17, 15) is 27.9 Å². The van der Waals surface area contributed by atoms with Crippen LogP contribution in [0, 0.1) is 6.92 Å². The number of aliphatic carboxylic acids is 1. The monoisotopic (exact) mass is 603 g/mol.